The lowest BCUT2D eigenvalue weighted by molar-refractivity contribution is -0.161. The molecule has 0 aliphatic carbocycles. The summed E-state index contributed by atoms with van der Waals surface area (Å²) < 4.78 is 68.5. The second-order valence-corrected chi connectivity index (χ2v) is 28.8. The number of unbranched alkanes of at least 4 members (excludes halogenated alkanes) is 21. The topological polar surface area (TPSA) is 237 Å². The van der Waals surface area contributed by atoms with Crippen molar-refractivity contribution >= 4 is 39.5 Å². The zero-order valence-electron chi connectivity index (χ0n) is 64.6. The maximum atomic E-state index is 13.1. The zero-order chi connectivity index (χ0) is 76.0. The second-order valence-electron chi connectivity index (χ2n) is 25.9. The van der Waals surface area contributed by atoms with Crippen molar-refractivity contribution in [2.75, 3.05) is 39.6 Å². The van der Waals surface area contributed by atoms with Crippen molar-refractivity contribution < 1.29 is 80.2 Å². The maximum absolute atomic E-state index is 13.1. The fourth-order valence-corrected chi connectivity index (χ4v) is 11.6. The Morgan fingerprint density at radius 3 is 0.798 bits per heavy atom. The van der Waals surface area contributed by atoms with Gasteiger partial charge in [-0.3, -0.25) is 37.3 Å². The van der Waals surface area contributed by atoms with Crippen LogP contribution in [0.5, 0.6) is 0 Å². The highest BCUT2D eigenvalue weighted by molar-refractivity contribution is 7.47. The number of aliphatic hydroxyl groups is 1. The molecule has 0 radical (unpaired) electrons. The Balaban J connectivity index is 5.45. The summed E-state index contributed by atoms with van der Waals surface area (Å²) in [5.74, 6) is -2.29. The lowest BCUT2D eigenvalue weighted by atomic mass is 10.0. The van der Waals surface area contributed by atoms with E-state index in [9.17, 15) is 43.2 Å². The van der Waals surface area contributed by atoms with Gasteiger partial charge in [-0.15, -0.1) is 0 Å². The van der Waals surface area contributed by atoms with Gasteiger partial charge in [0.1, 0.15) is 19.3 Å². The third kappa shape index (κ3) is 74.9. The average molecular weight is 1500 g/mol. The molecule has 0 aromatic rings. The van der Waals surface area contributed by atoms with Gasteiger partial charge in [0.05, 0.1) is 26.4 Å². The largest absolute Gasteiger partial charge is 0.472 e. The highest BCUT2D eigenvalue weighted by Crippen LogP contribution is 2.45. The van der Waals surface area contributed by atoms with Crippen molar-refractivity contribution in [3.8, 4) is 0 Å². The first kappa shape index (κ1) is 98.7. The molecule has 5 atom stereocenters. The van der Waals surface area contributed by atoms with E-state index in [1.807, 2.05) is 0 Å². The number of aliphatic hydroxyl groups excluding tert-OH is 1. The first-order chi connectivity index (χ1) is 50.7. The summed E-state index contributed by atoms with van der Waals surface area (Å²) in [6.45, 7) is 4.42. The van der Waals surface area contributed by atoms with Crippen molar-refractivity contribution in [2.24, 2.45) is 0 Å². The highest BCUT2D eigenvalue weighted by Gasteiger charge is 2.30. The molecular formula is C85H140O17P2. The molecule has 0 rings (SSSR count). The molecule has 5 unspecified atom stereocenters. The summed E-state index contributed by atoms with van der Waals surface area (Å²) in [6.07, 6.45) is 88.0. The molecule has 19 heteroatoms. The molecule has 0 heterocycles. The van der Waals surface area contributed by atoms with Crippen LogP contribution in [0.3, 0.4) is 0 Å². The monoisotopic (exact) mass is 1490 g/mol. The summed E-state index contributed by atoms with van der Waals surface area (Å²) in [6, 6.07) is 0. The van der Waals surface area contributed by atoms with Crippen LogP contribution in [0.2, 0.25) is 0 Å². The van der Waals surface area contributed by atoms with Crippen LogP contribution >= 0.6 is 15.6 Å². The smallest absolute Gasteiger partial charge is 0.462 e. The van der Waals surface area contributed by atoms with Crippen molar-refractivity contribution in [3.63, 3.8) is 0 Å². The van der Waals surface area contributed by atoms with Crippen molar-refractivity contribution in [2.45, 2.75) is 316 Å². The third-order valence-electron chi connectivity index (χ3n) is 16.0. The Morgan fingerprint density at radius 2 is 0.500 bits per heavy atom. The Bertz CT molecular complexity index is 2590. The quantitative estimate of drug-likeness (QED) is 0.0169. The molecule has 0 bridgehead atoms. The van der Waals surface area contributed by atoms with E-state index in [0.29, 0.717) is 25.7 Å². The van der Waals surface area contributed by atoms with E-state index >= 15 is 0 Å². The summed E-state index contributed by atoms with van der Waals surface area (Å²) in [5.41, 5.74) is 0. The first-order valence-corrected chi connectivity index (χ1v) is 42.7. The van der Waals surface area contributed by atoms with Crippen molar-refractivity contribution in [1.29, 1.82) is 0 Å². The number of ether oxygens (including phenoxy) is 4. The number of phosphoric acid groups is 2. The first-order valence-electron chi connectivity index (χ1n) is 39.7. The molecule has 0 aliphatic heterocycles. The van der Waals surface area contributed by atoms with E-state index in [4.69, 9.17) is 37.0 Å². The molecule has 3 N–H and O–H groups in total. The standard InChI is InChI=1S/C85H140O17P2/c1-5-9-13-17-21-25-29-33-36-38-39-41-43-47-50-54-58-62-66-70-83(88)96-76-81(102-85(90)72-68-64-60-56-52-48-44-40-37-34-30-26-22-18-14-10-6-2)78-100-104(93,94)98-74-79(86)73-97-103(91,92)99-77-80(101-84(89)71-67-63-59-55-51-45-32-28-24-20-16-12-8-4)75-95-82(87)69-65-61-57-53-49-46-42-35-31-27-23-19-15-11-7-3/h9-11,13-15,21-23,25-27,33-37,39,41-42,44,47-50,53,79-81,86H,5-8,12,16-20,24,28-32,38,40,43,45-46,51-52,54-78H2,1-4H3,(H,91,92)(H,93,94)/b13-9-,14-10-,15-11-,25-21-,26-22-,27-23-,36-33-,37-34-,41-39-,42-35-,48-44-,50-47-,53-49-. The van der Waals surface area contributed by atoms with Crippen molar-refractivity contribution in [1.82, 2.24) is 0 Å². The van der Waals surface area contributed by atoms with Gasteiger partial charge < -0.3 is 33.8 Å². The average Bonchev–Trinajstić information content (AvgIpc) is 0.911. The van der Waals surface area contributed by atoms with Gasteiger partial charge in [-0.2, -0.15) is 0 Å². The lowest BCUT2D eigenvalue weighted by Crippen LogP contribution is -2.30. The van der Waals surface area contributed by atoms with E-state index in [-0.39, 0.29) is 25.7 Å². The van der Waals surface area contributed by atoms with Gasteiger partial charge in [0.25, 0.3) is 0 Å². The number of rotatable bonds is 73. The van der Waals surface area contributed by atoms with Crippen LogP contribution < -0.4 is 0 Å². The highest BCUT2D eigenvalue weighted by atomic mass is 31.2. The summed E-state index contributed by atoms with van der Waals surface area (Å²) in [5, 5.41) is 10.6. The normalized spacial score (nSPS) is 14.7. The Kier molecular flexibility index (Phi) is 72.0. The van der Waals surface area contributed by atoms with Gasteiger partial charge >= 0.3 is 39.5 Å². The molecule has 104 heavy (non-hydrogen) atoms. The van der Waals surface area contributed by atoms with Crippen LogP contribution in [-0.4, -0.2) is 96.7 Å². The lowest BCUT2D eigenvalue weighted by Gasteiger charge is -2.21. The van der Waals surface area contributed by atoms with Gasteiger partial charge in [0.15, 0.2) is 12.2 Å². The summed E-state index contributed by atoms with van der Waals surface area (Å²) in [7, 11) is -9.99. The van der Waals surface area contributed by atoms with Gasteiger partial charge in [-0.25, -0.2) is 9.13 Å². The predicted octanol–water partition coefficient (Wildman–Crippen LogP) is 23.2. The van der Waals surface area contributed by atoms with Gasteiger partial charge in [-0.05, 0) is 148 Å². The molecule has 0 aliphatic rings. The van der Waals surface area contributed by atoms with Crippen LogP contribution in [0.1, 0.15) is 297 Å². The number of allylic oxidation sites excluding steroid dienone is 26. The molecule has 0 amide bonds. The van der Waals surface area contributed by atoms with Crippen LogP contribution in [0, 0.1) is 0 Å². The molecule has 592 valence electrons. The number of hydrogen-bond acceptors (Lipinski definition) is 15. The van der Waals surface area contributed by atoms with Crippen LogP contribution in [-0.2, 0) is 65.4 Å². The molecule has 0 fully saturated rings. The van der Waals surface area contributed by atoms with E-state index < -0.39 is 97.5 Å². The van der Waals surface area contributed by atoms with Crippen LogP contribution in [0.15, 0.2) is 158 Å². The van der Waals surface area contributed by atoms with E-state index in [2.05, 4.69) is 186 Å². The fraction of sp³-hybridized carbons (Fsp3) is 0.647. The van der Waals surface area contributed by atoms with E-state index in [1.165, 1.54) is 51.4 Å². The predicted molar refractivity (Wildman–Crippen MR) is 427 cm³/mol. The molecule has 17 nitrogen and oxygen atoms in total. The number of esters is 4. The van der Waals surface area contributed by atoms with Gasteiger partial charge in [0.2, 0.25) is 0 Å². The summed E-state index contributed by atoms with van der Waals surface area (Å²) >= 11 is 0. The van der Waals surface area contributed by atoms with E-state index in [1.54, 1.807) is 0 Å². The Labute approximate surface area is 629 Å². The van der Waals surface area contributed by atoms with E-state index in [0.717, 1.165) is 167 Å². The molecule has 0 saturated heterocycles. The summed E-state index contributed by atoms with van der Waals surface area (Å²) in [4.78, 5) is 73.0. The third-order valence-corrected chi connectivity index (χ3v) is 17.9. The second kappa shape index (κ2) is 75.9. The molecule has 0 aromatic carbocycles. The molecule has 0 spiro atoms. The maximum Gasteiger partial charge on any atom is 0.472 e. The number of carbonyl (C=O) groups excluding carboxylic acids is 4. The fourth-order valence-electron chi connectivity index (χ4n) is 10.1. The van der Waals surface area contributed by atoms with Gasteiger partial charge in [-0.1, -0.05) is 282 Å². The Hall–Kier alpha value is -5.32. The minimum Gasteiger partial charge on any atom is -0.462 e. The van der Waals surface area contributed by atoms with Crippen LogP contribution in [0.4, 0.5) is 0 Å². The zero-order valence-corrected chi connectivity index (χ0v) is 66.4. The number of phosphoric ester groups is 2. The SMILES string of the molecule is CC/C=C\C/C=C\C/C=C\C/C=C\C/C=C\CCCCCC(=O)OCC(COP(=O)(O)OCC(O)COP(=O)(O)OCC(COC(=O)CCCC/C=C\C/C=C\C/C=C\C/C=C\CC)OC(=O)CCCCCCCCCCCCCCC)OC(=O)CCCCCC/C=C\C/C=C\C/C=C\C/C=C\CC. The molecular weight excluding hydrogens is 1350 g/mol. The minimum absolute atomic E-state index is 0.0532. The Morgan fingerprint density at radius 1 is 0.279 bits per heavy atom. The van der Waals surface area contributed by atoms with Crippen molar-refractivity contribution in [3.05, 3.63) is 158 Å². The number of carbonyl (C=O) groups is 4. The minimum atomic E-state index is -5.00. The van der Waals surface area contributed by atoms with Crippen LogP contribution in [0.25, 0.3) is 0 Å². The molecule has 0 aromatic heterocycles. The number of hydrogen-bond donors (Lipinski definition) is 3. The van der Waals surface area contributed by atoms with Gasteiger partial charge in [0, 0.05) is 25.7 Å². The molecule has 0 saturated carbocycles.